The van der Waals surface area contributed by atoms with Crippen molar-refractivity contribution in [2.75, 3.05) is 5.32 Å². The summed E-state index contributed by atoms with van der Waals surface area (Å²) in [6, 6.07) is 3.49. The Morgan fingerprint density at radius 2 is 1.78 bits per heavy atom. The molecule has 1 aliphatic rings. The zero-order valence-corrected chi connectivity index (χ0v) is 12.8. The van der Waals surface area contributed by atoms with Gasteiger partial charge in [-0.1, -0.05) is 0 Å². The molecule has 0 saturated heterocycles. The SMILES string of the molecule is O=C(Nc1ccc(F)c(C(F)F)c1)c1cc2c(cc1[N+](=O)[O-])OC(F)(F)O2. The normalized spacial score (nSPS) is 14.3. The summed E-state index contributed by atoms with van der Waals surface area (Å²) in [4.78, 5) is 22.4. The lowest BCUT2D eigenvalue weighted by Crippen LogP contribution is -2.25. The summed E-state index contributed by atoms with van der Waals surface area (Å²) in [7, 11) is 0. The topological polar surface area (TPSA) is 90.7 Å². The number of amides is 1. The van der Waals surface area contributed by atoms with Crippen molar-refractivity contribution >= 4 is 17.3 Å². The molecular formula is C15H7F5N2O5. The number of anilines is 1. The standard InChI is InChI=1S/C15H7F5N2O5/c16-9-2-1-6(3-7(9)13(17)18)21-14(23)8-4-11-12(5-10(8)22(24)25)27-15(19,20)26-11/h1-5,13H,(H,21,23). The van der Waals surface area contributed by atoms with Crippen LogP contribution in [0.5, 0.6) is 11.5 Å². The van der Waals surface area contributed by atoms with E-state index in [1.807, 2.05) is 0 Å². The fourth-order valence-electron chi connectivity index (χ4n) is 2.31. The number of nitrogens with zero attached hydrogens (tertiary/aromatic N) is 1. The molecule has 0 radical (unpaired) electrons. The van der Waals surface area contributed by atoms with Gasteiger partial charge in [-0.25, -0.2) is 13.2 Å². The molecule has 2 aromatic rings. The number of nitrogens with one attached hydrogen (secondary N) is 1. The van der Waals surface area contributed by atoms with Crippen LogP contribution in [0.3, 0.4) is 0 Å². The molecule has 7 nitrogen and oxygen atoms in total. The van der Waals surface area contributed by atoms with Crippen LogP contribution >= 0.6 is 0 Å². The summed E-state index contributed by atoms with van der Waals surface area (Å²) >= 11 is 0. The van der Waals surface area contributed by atoms with Crippen LogP contribution in [-0.4, -0.2) is 17.1 Å². The molecule has 1 N–H and O–H groups in total. The van der Waals surface area contributed by atoms with E-state index in [0.717, 1.165) is 6.07 Å². The molecule has 0 aliphatic carbocycles. The molecule has 1 amide bonds. The molecule has 0 fully saturated rings. The zero-order valence-electron chi connectivity index (χ0n) is 12.8. The predicted molar refractivity (Wildman–Crippen MR) is 78.6 cm³/mol. The Morgan fingerprint density at radius 3 is 2.37 bits per heavy atom. The fourth-order valence-corrected chi connectivity index (χ4v) is 2.31. The van der Waals surface area contributed by atoms with Gasteiger partial charge in [0.1, 0.15) is 11.4 Å². The Balaban J connectivity index is 1.96. The molecule has 0 unspecified atom stereocenters. The van der Waals surface area contributed by atoms with Crippen molar-refractivity contribution in [3.63, 3.8) is 0 Å². The van der Waals surface area contributed by atoms with Gasteiger partial charge in [-0.2, -0.15) is 0 Å². The van der Waals surface area contributed by atoms with Crippen molar-refractivity contribution in [3.8, 4) is 11.5 Å². The number of fused-ring (bicyclic) bond motifs is 1. The first-order valence-corrected chi connectivity index (χ1v) is 7.04. The Hall–Kier alpha value is -3.44. The molecule has 0 aromatic heterocycles. The van der Waals surface area contributed by atoms with E-state index in [1.54, 1.807) is 0 Å². The Labute approximate surface area is 146 Å². The molecule has 0 spiro atoms. The van der Waals surface area contributed by atoms with Gasteiger partial charge in [0.2, 0.25) is 0 Å². The molecule has 0 saturated carbocycles. The summed E-state index contributed by atoms with van der Waals surface area (Å²) in [5.41, 5.74) is -2.85. The van der Waals surface area contributed by atoms with Crippen LogP contribution in [0.25, 0.3) is 0 Å². The van der Waals surface area contributed by atoms with Gasteiger partial charge in [0, 0.05) is 11.8 Å². The van der Waals surface area contributed by atoms with E-state index in [0.29, 0.717) is 24.3 Å². The largest absolute Gasteiger partial charge is 0.586 e. The Morgan fingerprint density at radius 1 is 1.15 bits per heavy atom. The third-order valence-electron chi connectivity index (χ3n) is 3.45. The number of nitro benzene ring substituents is 1. The number of hydrogen-bond acceptors (Lipinski definition) is 5. The smallest absolute Gasteiger partial charge is 0.395 e. The van der Waals surface area contributed by atoms with Gasteiger partial charge in [0.15, 0.2) is 11.5 Å². The van der Waals surface area contributed by atoms with Crippen molar-refractivity contribution in [1.82, 2.24) is 0 Å². The van der Waals surface area contributed by atoms with Gasteiger partial charge in [-0.15, -0.1) is 8.78 Å². The predicted octanol–water partition coefficient (Wildman–Crippen LogP) is 4.25. The average molecular weight is 390 g/mol. The minimum atomic E-state index is -4.06. The third kappa shape index (κ3) is 3.59. The summed E-state index contributed by atoms with van der Waals surface area (Å²) in [5, 5.41) is 13.2. The maximum Gasteiger partial charge on any atom is 0.586 e. The molecule has 1 heterocycles. The number of benzene rings is 2. The Bertz CT molecular complexity index is 950. The minimum Gasteiger partial charge on any atom is -0.395 e. The monoisotopic (exact) mass is 390 g/mol. The van der Waals surface area contributed by atoms with E-state index >= 15 is 0 Å². The molecular weight excluding hydrogens is 383 g/mol. The van der Waals surface area contributed by atoms with Gasteiger partial charge in [-0.05, 0) is 18.2 Å². The highest BCUT2D eigenvalue weighted by molar-refractivity contribution is 6.07. The summed E-state index contributed by atoms with van der Waals surface area (Å²) in [6.45, 7) is 0. The zero-order chi connectivity index (χ0) is 19.9. The molecule has 3 rings (SSSR count). The molecule has 1 aliphatic heterocycles. The van der Waals surface area contributed by atoms with E-state index in [2.05, 4.69) is 14.8 Å². The number of alkyl halides is 4. The number of rotatable bonds is 4. The minimum absolute atomic E-state index is 0.283. The molecule has 12 heteroatoms. The van der Waals surface area contributed by atoms with Crippen LogP contribution in [0.4, 0.5) is 33.3 Å². The van der Waals surface area contributed by atoms with Crippen LogP contribution in [0, 0.1) is 15.9 Å². The number of halogens is 5. The Kier molecular flexibility index (Phi) is 4.33. The van der Waals surface area contributed by atoms with Gasteiger partial charge >= 0.3 is 6.29 Å². The summed E-state index contributed by atoms with van der Waals surface area (Å²) < 4.78 is 73.1. The van der Waals surface area contributed by atoms with Crippen LogP contribution in [-0.2, 0) is 0 Å². The quantitative estimate of drug-likeness (QED) is 0.479. The highest BCUT2D eigenvalue weighted by Gasteiger charge is 2.45. The number of ether oxygens (including phenoxy) is 2. The molecule has 142 valence electrons. The highest BCUT2D eigenvalue weighted by Crippen LogP contribution is 2.44. The molecule has 27 heavy (non-hydrogen) atoms. The second-order valence-corrected chi connectivity index (χ2v) is 5.23. The van der Waals surface area contributed by atoms with Crippen molar-refractivity contribution in [2.24, 2.45) is 0 Å². The highest BCUT2D eigenvalue weighted by atomic mass is 19.3. The summed E-state index contributed by atoms with van der Waals surface area (Å²) in [5.74, 6) is -3.66. The maximum atomic E-state index is 13.3. The first-order chi connectivity index (χ1) is 12.6. The van der Waals surface area contributed by atoms with Crippen molar-refractivity contribution in [1.29, 1.82) is 0 Å². The number of hydrogen-bond donors (Lipinski definition) is 1. The van der Waals surface area contributed by atoms with E-state index in [-0.39, 0.29) is 5.69 Å². The van der Waals surface area contributed by atoms with Gasteiger partial charge in [0.25, 0.3) is 18.0 Å². The second-order valence-electron chi connectivity index (χ2n) is 5.23. The first-order valence-electron chi connectivity index (χ1n) is 7.04. The number of carbonyl (C=O) groups excluding carboxylic acids is 1. The average Bonchev–Trinajstić information content (AvgIpc) is 2.87. The lowest BCUT2D eigenvalue weighted by Gasteiger charge is -2.09. The second kappa shape index (κ2) is 6.37. The van der Waals surface area contributed by atoms with E-state index in [9.17, 15) is 36.9 Å². The van der Waals surface area contributed by atoms with Crippen LogP contribution < -0.4 is 14.8 Å². The number of nitro groups is 1. The van der Waals surface area contributed by atoms with Crippen LogP contribution in [0.15, 0.2) is 30.3 Å². The lowest BCUT2D eigenvalue weighted by molar-refractivity contribution is -0.385. The van der Waals surface area contributed by atoms with Crippen molar-refractivity contribution in [3.05, 3.63) is 57.4 Å². The van der Waals surface area contributed by atoms with Crippen LogP contribution in [0.1, 0.15) is 22.3 Å². The lowest BCUT2D eigenvalue weighted by atomic mass is 10.1. The molecule has 0 bridgehead atoms. The van der Waals surface area contributed by atoms with Crippen molar-refractivity contribution < 1.29 is 41.1 Å². The maximum absolute atomic E-state index is 13.3. The van der Waals surface area contributed by atoms with Gasteiger partial charge in [-0.3, -0.25) is 14.9 Å². The number of carbonyl (C=O) groups is 1. The fraction of sp³-hybridized carbons (Fsp3) is 0.133. The van der Waals surface area contributed by atoms with Gasteiger partial charge < -0.3 is 14.8 Å². The first kappa shape index (κ1) is 18.4. The van der Waals surface area contributed by atoms with E-state index < -0.39 is 57.7 Å². The van der Waals surface area contributed by atoms with Gasteiger partial charge in [0.05, 0.1) is 16.6 Å². The third-order valence-corrected chi connectivity index (χ3v) is 3.45. The van der Waals surface area contributed by atoms with E-state index in [1.165, 1.54) is 0 Å². The molecule has 2 aromatic carbocycles. The molecule has 0 atom stereocenters. The van der Waals surface area contributed by atoms with Crippen molar-refractivity contribution in [2.45, 2.75) is 12.7 Å². The summed E-state index contributed by atoms with van der Waals surface area (Å²) in [6.07, 6.45) is -7.22. The van der Waals surface area contributed by atoms with Crippen LogP contribution in [0.2, 0.25) is 0 Å². The van der Waals surface area contributed by atoms with E-state index in [4.69, 9.17) is 0 Å².